The summed E-state index contributed by atoms with van der Waals surface area (Å²) in [6, 6.07) is 7.85. The highest BCUT2D eigenvalue weighted by molar-refractivity contribution is 7.81. The monoisotopic (exact) mass is 519 g/mol. The standard InChI is InChI=1S/C24H27ClFN5O3S/c1-31(2)11-16(35)8-23(32)30-21-9-17-20(10-22(21)34-15-5-6-33-12-15)27-13-28-24(17)29-14-3-4-19(26)18(25)7-14/h3-4,7,9-10,13,15-16,35H,5-6,8,11-12H2,1-2H3,(H,30,32)(H,27,28,29)/t15-,16+/m0/s1. The van der Waals surface area contributed by atoms with E-state index in [0.29, 0.717) is 53.6 Å². The average Bonchev–Trinajstić information content (AvgIpc) is 3.29. The molecular formula is C24H27ClFN5O3S. The summed E-state index contributed by atoms with van der Waals surface area (Å²) in [6.07, 6.45) is 2.30. The maximum absolute atomic E-state index is 13.6. The summed E-state index contributed by atoms with van der Waals surface area (Å²) in [4.78, 5) is 23.5. The first kappa shape index (κ1) is 25.4. The number of benzene rings is 2. The van der Waals surface area contributed by atoms with E-state index in [0.717, 1.165) is 6.42 Å². The molecule has 1 aliphatic rings. The van der Waals surface area contributed by atoms with Gasteiger partial charge in [0.2, 0.25) is 5.91 Å². The highest BCUT2D eigenvalue weighted by atomic mass is 35.5. The molecule has 0 saturated carbocycles. The first-order valence-corrected chi connectivity index (χ1v) is 12.1. The first-order chi connectivity index (χ1) is 16.8. The zero-order valence-electron chi connectivity index (χ0n) is 19.4. The van der Waals surface area contributed by atoms with Crippen molar-refractivity contribution in [2.24, 2.45) is 0 Å². The molecule has 1 amide bonds. The number of hydrogen-bond donors (Lipinski definition) is 3. The molecule has 2 heterocycles. The second kappa shape index (κ2) is 11.4. The zero-order chi connectivity index (χ0) is 24.9. The van der Waals surface area contributed by atoms with Gasteiger partial charge in [-0.1, -0.05) is 11.6 Å². The molecule has 0 unspecified atom stereocenters. The average molecular weight is 520 g/mol. The molecule has 2 N–H and O–H groups in total. The van der Waals surface area contributed by atoms with Crippen molar-refractivity contribution < 1.29 is 18.7 Å². The van der Waals surface area contributed by atoms with Crippen LogP contribution in [0.5, 0.6) is 5.75 Å². The number of carbonyl (C=O) groups excluding carboxylic acids is 1. The molecule has 2 atom stereocenters. The minimum atomic E-state index is -0.510. The molecule has 1 fully saturated rings. The maximum Gasteiger partial charge on any atom is 0.225 e. The van der Waals surface area contributed by atoms with Crippen LogP contribution in [-0.2, 0) is 9.53 Å². The van der Waals surface area contributed by atoms with E-state index in [-0.39, 0.29) is 28.7 Å². The lowest BCUT2D eigenvalue weighted by Crippen LogP contribution is -2.26. The smallest absolute Gasteiger partial charge is 0.225 e. The van der Waals surface area contributed by atoms with Crippen LogP contribution in [0.3, 0.4) is 0 Å². The number of carbonyl (C=O) groups is 1. The first-order valence-electron chi connectivity index (χ1n) is 11.2. The van der Waals surface area contributed by atoms with Gasteiger partial charge in [0.25, 0.3) is 0 Å². The number of halogens is 2. The van der Waals surface area contributed by atoms with E-state index in [1.54, 1.807) is 18.2 Å². The van der Waals surface area contributed by atoms with E-state index in [1.807, 2.05) is 19.0 Å². The van der Waals surface area contributed by atoms with Crippen LogP contribution in [0.25, 0.3) is 10.9 Å². The van der Waals surface area contributed by atoms with E-state index in [9.17, 15) is 9.18 Å². The molecule has 0 radical (unpaired) electrons. The number of ether oxygens (including phenoxy) is 2. The van der Waals surface area contributed by atoms with Crippen LogP contribution in [0.4, 0.5) is 21.6 Å². The predicted octanol–water partition coefficient (Wildman–Crippen LogP) is 4.52. The Morgan fingerprint density at radius 3 is 2.89 bits per heavy atom. The van der Waals surface area contributed by atoms with E-state index in [1.165, 1.54) is 18.5 Å². The van der Waals surface area contributed by atoms with Crippen LogP contribution in [0, 0.1) is 5.82 Å². The Morgan fingerprint density at radius 1 is 1.34 bits per heavy atom. The quantitative estimate of drug-likeness (QED) is 0.358. The van der Waals surface area contributed by atoms with Gasteiger partial charge in [-0.25, -0.2) is 14.4 Å². The van der Waals surface area contributed by atoms with Crippen molar-refractivity contribution in [2.45, 2.75) is 24.2 Å². The topological polar surface area (TPSA) is 88.6 Å². The van der Waals surface area contributed by atoms with Crippen LogP contribution < -0.4 is 15.4 Å². The zero-order valence-corrected chi connectivity index (χ0v) is 21.1. The summed E-state index contributed by atoms with van der Waals surface area (Å²) in [5, 5.41) is 6.63. The van der Waals surface area contributed by atoms with Gasteiger partial charge in [0, 0.05) is 41.8 Å². The molecule has 4 rings (SSSR count). The summed E-state index contributed by atoms with van der Waals surface area (Å²) in [5.74, 6) is 0.280. The summed E-state index contributed by atoms with van der Waals surface area (Å²) in [7, 11) is 3.87. The number of fused-ring (bicyclic) bond motifs is 1. The third-order valence-electron chi connectivity index (χ3n) is 5.37. The Morgan fingerprint density at radius 2 is 2.17 bits per heavy atom. The number of aromatic nitrogens is 2. The second-order valence-electron chi connectivity index (χ2n) is 8.61. The van der Waals surface area contributed by atoms with Crippen LogP contribution in [-0.4, -0.2) is 66.0 Å². The summed E-state index contributed by atoms with van der Waals surface area (Å²) in [6.45, 7) is 1.77. The Bertz CT molecular complexity index is 1210. The third-order valence-corrected chi connectivity index (χ3v) is 6.01. The molecule has 11 heteroatoms. The normalized spacial score (nSPS) is 16.5. The number of amides is 1. The molecule has 1 aromatic heterocycles. The molecule has 1 saturated heterocycles. The van der Waals surface area contributed by atoms with E-state index < -0.39 is 5.82 Å². The Labute approximate surface area is 213 Å². The number of rotatable bonds is 9. The highest BCUT2D eigenvalue weighted by Gasteiger charge is 2.21. The molecule has 2 aromatic carbocycles. The number of thiol groups is 1. The van der Waals surface area contributed by atoms with Gasteiger partial charge in [0.05, 0.1) is 29.4 Å². The van der Waals surface area contributed by atoms with Crippen LogP contribution in [0.1, 0.15) is 12.8 Å². The van der Waals surface area contributed by atoms with Gasteiger partial charge in [-0.15, -0.1) is 0 Å². The molecular weight excluding hydrogens is 493 g/mol. The fourth-order valence-electron chi connectivity index (χ4n) is 3.78. The lowest BCUT2D eigenvalue weighted by atomic mass is 10.1. The van der Waals surface area contributed by atoms with Gasteiger partial charge in [-0.3, -0.25) is 4.79 Å². The van der Waals surface area contributed by atoms with Gasteiger partial charge >= 0.3 is 0 Å². The van der Waals surface area contributed by atoms with Gasteiger partial charge in [0.1, 0.15) is 29.8 Å². The molecule has 0 aliphatic carbocycles. The van der Waals surface area contributed by atoms with Gasteiger partial charge in [0.15, 0.2) is 0 Å². The molecule has 3 aromatic rings. The minimum absolute atomic E-state index is 0.00480. The fourth-order valence-corrected chi connectivity index (χ4v) is 4.45. The lowest BCUT2D eigenvalue weighted by Gasteiger charge is -2.19. The molecule has 0 spiro atoms. The molecule has 35 heavy (non-hydrogen) atoms. The van der Waals surface area contributed by atoms with Crippen molar-refractivity contribution in [1.29, 1.82) is 0 Å². The van der Waals surface area contributed by atoms with Crippen molar-refractivity contribution in [1.82, 2.24) is 14.9 Å². The highest BCUT2D eigenvalue weighted by Crippen LogP contribution is 2.35. The maximum atomic E-state index is 13.6. The van der Waals surface area contributed by atoms with Crippen molar-refractivity contribution in [3.05, 3.63) is 47.5 Å². The molecule has 186 valence electrons. The number of hydrogen-bond acceptors (Lipinski definition) is 8. The van der Waals surface area contributed by atoms with Crippen molar-refractivity contribution >= 4 is 58.2 Å². The number of anilines is 3. The fraction of sp³-hybridized carbons (Fsp3) is 0.375. The van der Waals surface area contributed by atoms with Gasteiger partial charge in [-0.05, 0) is 38.4 Å². The van der Waals surface area contributed by atoms with Crippen LogP contribution >= 0.6 is 24.2 Å². The van der Waals surface area contributed by atoms with Gasteiger partial charge < -0.3 is 25.0 Å². The molecule has 1 aliphatic heterocycles. The van der Waals surface area contributed by atoms with Crippen molar-refractivity contribution in [3.8, 4) is 5.75 Å². The van der Waals surface area contributed by atoms with Crippen LogP contribution in [0.2, 0.25) is 5.02 Å². The van der Waals surface area contributed by atoms with Crippen molar-refractivity contribution in [2.75, 3.05) is 44.5 Å². The Hall–Kier alpha value is -2.66. The largest absolute Gasteiger partial charge is 0.486 e. The summed E-state index contributed by atoms with van der Waals surface area (Å²) in [5.41, 5.74) is 1.67. The third kappa shape index (κ3) is 6.72. The molecule has 8 nitrogen and oxygen atoms in total. The number of nitrogens with one attached hydrogen (secondary N) is 2. The summed E-state index contributed by atoms with van der Waals surface area (Å²) >= 11 is 10.4. The SMILES string of the molecule is CN(C)C[C@H](S)CC(=O)Nc1cc2c(Nc3ccc(F)c(Cl)c3)ncnc2cc1O[C@H]1CCOC1. The van der Waals surface area contributed by atoms with E-state index in [4.69, 9.17) is 21.1 Å². The predicted molar refractivity (Wildman–Crippen MR) is 139 cm³/mol. The minimum Gasteiger partial charge on any atom is -0.486 e. The van der Waals surface area contributed by atoms with E-state index >= 15 is 0 Å². The van der Waals surface area contributed by atoms with E-state index in [2.05, 4.69) is 33.2 Å². The molecule has 0 bridgehead atoms. The van der Waals surface area contributed by atoms with Crippen LogP contribution in [0.15, 0.2) is 36.7 Å². The number of nitrogens with zero attached hydrogens (tertiary/aromatic N) is 3. The lowest BCUT2D eigenvalue weighted by molar-refractivity contribution is -0.116. The Balaban J connectivity index is 1.66. The second-order valence-corrected chi connectivity index (χ2v) is 9.75. The van der Waals surface area contributed by atoms with Crippen molar-refractivity contribution in [3.63, 3.8) is 0 Å². The van der Waals surface area contributed by atoms with Gasteiger partial charge in [-0.2, -0.15) is 12.6 Å². The Kier molecular flexibility index (Phi) is 8.27. The summed E-state index contributed by atoms with van der Waals surface area (Å²) < 4.78 is 25.2.